The number of hydrogen-bond acceptors (Lipinski definition) is 19. The maximum atomic E-state index is 13.5. The number of hydrogen-bond donors (Lipinski definition) is 7. The number of amides is 2. The summed E-state index contributed by atoms with van der Waals surface area (Å²) in [5, 5.41) is 61.1. The second-order valence-electron chi connectivity index (χ2n) is 12.3. The first kappa shape index (κ1) is 38.7. The van der Waals surface area contributed by atoms with Crippen LogP contribution in [-0.4, -0.2) is 107 Å². The Hall–Kier alpha value is -6.59. The van der Waals surface area contributed by atoms with E-state index in [9.17, 15) is 44.7 Å². The fraction of sp³-hybridized carbons (Fsp3) is 0.206. The van der Waals surface area contributed by atoms with Crippen molar-refractivity contribution in [2.24, 2.45) is 5.16 Å². The van der Waals surface area contributed by atoms with E-state index in [1.165, 1.54) is 57.7 Å². The molecule has 0 radical (unpaired) electrons. The lowest BCUT2D eigenvalue weighted by Crippen LogP contribution is -2.71. The van der Waals surface area contributed by atoms with Gasteiger partial charge in [-0.05, 0) is 54.5 Å². The molecular formula is C34H29N9O11S3. The first-order valence-electron chi connectivity index (χ1n) is 16.5. The van der Waals surface area contributed by atoms with Gasteiger partial charge < -0.3 is 46.2 Å². The molecule has 0 bridgehead atoms. The second-order valence-corrected chi connectivity index (χ2v) is 15.3. The van der Waals surface area contributed by atoms with Crippen molar-refractivity contribution in [2.75, 3.05) is 17.2 Å². The van der Waals surface area contributed by atoms with Crippen molar-refractivity contribution in [2.45, 2.75) is 36.6 Å². The highest BCUT2D eigenvalue weighted by molar-refractivity contribution is 8.01. The molecule has 23 heteroatoms. The molecule has 5 aromatic rings. The quantitative estimate of drug-likeness (QED) is 0.0170. The van der Waals surface area contributed by atoms with Crippen LogP contribution in [0.15, 0.2) is 69.3 Å². The molecule has 2 atom stereocenters. The van der Waals surface area contributed by atoms with Gasteiger partial charge in [-0.15, -0.1) is 40.0 Å². The van der Waals surface area contributed by atoms with Crippen molar-refractivity contribution in [3.63, 3.8) is 0 Å². The number of aliphatic carboxylic acids is 1. The number of thioether (sulfide) groups is 2. The molecule has 2 aliphatic heterocycles. The Bertz CT molecular complexity index is 2520. The van der Waals surface area contributed by atoms with Crippen LogP contribution >= 0.6 is 34.9 Å². The Morgan fingerprint density at radius 1 is 1.02 bits per heavy atom. The number of fused-ring (bicyclic) bond motifs is 2. The molecular weight excluding hydrogens is 807 g/mol. The van der Waals surface area contributed by atoms with Crippen molar-refractivity contribution in [1.82, 2.24) is 34.8 Å². The van der Waals surface area contributed by atoms with E-state index in [1.807, 2.05) is 0 Å². The van der Waals surface area contributed by atoms with Crippen molar-refractivity contribution in [3.8, 4) is 23.0 Å². The lowest BCUT2D eigenvalue weighted by Gasteiger charge is -2.49. The van der Waals surface area contributed by atoms with Crippen LogP contribution in [0, 0.1) is 6.92 Å². The first-order valence-corrected chi connectivity index (χ1v) is 19.4. The molecule has 3 aromatic heterocycles. The van der Waals surface area contributed by atoms with E-state index < -0.39 is 46.7 Å². The van der Waals surface area contributed by atoms with Gasteiger partial charge in [0, 0.05) is 22.6 Å². The predicted octanol–water partition coefficient (Wildman–Crippen LogP) is 2.10. The number of rotatable bonds is 13. The summed E-state index contributed by atoms with van der Waals surface area (Å²) >= 11 is 3.54. The standard InChI is InChI=1S/C34H29N9O11S3/c1-14-6-24(43-34(36-14)38-23(40-43)10-53-32(52)16-3-5-20(45)22(47)8-16)55-11-17-12-56-30-26(29(49)42(30)27(17)31(50)51)39-28(48)25(18-13-57-33(35)37-18)41-54-9-15-2-4-19(44)21(46)7-15/h2-8,13,26,30,44-47H,9-12H2,1H3,(H2,35,37)(H,39,48)(H,50,51)/b41-25+/t26-,30-/m1/s1. The van der Waals surface area contributed by atoms with Crippen LogP contribution < -0.4 is 11.1 Å². The van der Waals surface area contributed by atoms with Crippen molar-refractivity contribution in [3.05, 3.63) is 87.5 Å². The second kappa shape index (κ2) is 15.9. The minimum Gasteiger partial charge on any atom is -0.504 e. The Morgan fingerprint density at radius 2 is 1.77 bits per heavy atom. The summed E-state index contributed by atoms with van der Waals surface area (Å²) in [5.41, 5.74) is 6.80. The zero-order valence-electron chi connectivity index (χ0n) is 29.2. The van der Waals surface area contributed by atoms with Gasteiger partial charge in [-0.3, -0.25) is 14.5 Å². The summed E-state index contributed by atoms with van der Waals surface area (Å²) < 4.78 is 6.69. The number of anilines is 1. The Morgan fingerprint density at radius 3 is 2.47 bits per heavy atom. The third kappa shape index (κ3) is 8.06. The zero-order chi connectivity index (χ0) is 40.5. The van der Waals surface area contributed by atoms with Gasteiger partial charge in [0.2, 0.25) is 0 Å². The fourth-order valence-electron chi connectivity index (χ4n) is 5.62. The van der Waals surface area contributed by atoms with Crippen molar-refractivity contribution in [1.29, 1.82) is 0 Å². The molecule has 0 aliphatic carbocycles. The minimum absolute atomic E-state index is 0.000438. The molecule has 8 N–H and O–H groups in total. The van der Waals surface area contributed by atoms with Gasteiger partial charge in [0.05, 0.1) is 5.56 Å². The molecule has 1 fully saturated rings. The number of thiazole rings is 1. The van der Waals surface area contributed by atoms with E-state index in [0.717, 1.165) is 28.4 Å². The third-order valence-corrected chi connectivity index (χ3v) is 11.4. The van der Waals surface area contributed by atoms with Crippen LogP contribution in [0.25, 0.3) is 5.78 Å². The largest absolute Gasteiger partial charge is 0.504 e. The molecule has 20 nitrogen and oxygen atoms in total. The molecule has 0 spiro atoms. The first-order chi connectivity index (χ1) is 27.3. The normalized spacial score (nSPS) is 16.6. The number of carbonyl (C=O) groups is 4. The molecule has 2 amide bonds. The predicted molar refractivity (Wildman–Crippen MR) is 202 cm³/mol. The summed E-state index contributed by atoms with van der Waals surface area (Å²) in [7, 11) is 0. The SMILES string of the molecule is Cc1cc(SCC2=C(C(=O)O)N3C(=O)[C@@H](NC(=O)/C(=N/OCc4ccc(O)c(O)c4)c4csc(N)n4)[C@H]3SC2)n2nc(COC(=O)c3ccc(O)c(O)c3)nc2n1. The van der Waals surface area contributed by atoms with Gasteiger partial charge in [0.15, 0.2) is 46.3 Å². The fourth-order valence-corrected chi connectivity index (χ4v) is 8.70. The smallest absolute Gasteiger partial charge is 0.352 e. The number of aromatic nitrogens is 5. The number of nitrogens with two attached hydrogens (primary N) is 1. The van der Waals surface area contributed by atoms with Gasteiger partial charge in [-0.2, -0.15) is 9.50 Å². The molecule has 1 saturated heterocycles. The maximum absolute atomic E-state index is 13.5. The number of aryl methyl sites for hydroxylation is 1. The number of nitrogens with zero attached hydrogens (tertiary/aromatic N) is 7. The lowest BCUT2D eigenvalue weighted by molar-refractivity contribution is -0.150. The highest BCUT2D eigenvalue weighted by Crippen LogP contribution is 2.42. The molecule has 57 heavy (non-hydrogen) atoms. The van der Waals surface area contributed by atoms with Crippen LogP contribution in [0.3, 0.4) is 0 Å². The molecule has 2 aromatic carbocycles. The number of carboxylic acid groups (broad SMARTS) is 1. The monoisotopic (exact) mass is 835 g/mol. The molecule has 5 heterocycles. The Labute approximate surface area is 332 Å². The van der Waals surface area contributed by atoms with Crippen LogP contribution in [0.1, 0.15) is 33.1 Å². The number of aromatic hydroxyl groups is 4. The van der Waals surface area contributed by atoms with E-state index in [0.29, 0.717) is 21.9 Å². The average Bonchev–Trinajstić information content (AvgIpc) is 3.80. The lowest BCUT2D eigenvalue weighted by atomic mass is 10.0. The molecule has 294 valence electrons. The number of nitrogen functional groups attached to an aromatic ring is 1. The minimum atomic E-state index is -1.33. The topological polar surface area (TPSA) is 298 Å². The van der Waals surface area contributed by atoms with Gasteiger partial charge in [0.1, 0.15) is 34.4 Å². The molecule has 7 rings (SSSR count). The molecule has 2 aliphatic rings. The maximum Gasteiger partial charge on any atom is 0.352 e. The van der Waals surface area contributed by atoms with Crippen LogP contribution in [0.4, 0.5) is 5.13 Å². The number of benzene rings is 2. The number of β-lactam (4-membered cyclic amide) rings is 1. The zero-order valence-corrected chi connectivity index (χ0v) is 31.7. The summed E-state index contributed by atoms with van der Waals surface area (Å²) in [6.45, 7) is 1.20. The van der Waals surface area contributed by atoms with E-state index in [-0.39, 0.29) is 75.6 Å². The van der Waals surface area contributed by atoms with E-state index in [1.54, 1.807) is 13.0 Å². The highest BCUT2D eigenvalue weighted by atomic mass is 32.2. The number of esters is 1. The van der Waals surface area contributed by atoms with E-state index in [2.05, 4.69) is 30.5 Å². The van der Waals surface area contributed by atoms with E-state index >= 15 is 0 Å². The van der Waals surface area contributed by atoms with Crippen molar-refractivity contribution < 1.29 is 54.3 Å². The summed E-state index contributed by atoms with van der Waals surface area (Å²) in [4.78, 5) is 71.4. The Balaban J connectivity index is 1.03. The molecule has 0 unspecified atom stereocenters. The van der Waals surface area contributed by atoms with Gasteiger partial charge in [-0.1, -0.05) is 11.2 Å². The van der Waals surface area contributed by atoms with Crippen LogP contribution in [0.5, 0.6) is 23.0 Å². The molecule has 0 saturated carbocycles. The summed E-state index contributed by atoms with van der Waals surface area (Å²) in [6.07, 6.45) is 0. The van der Waals surface area contributed by atoms with Gasteiger partial charge >= 0.3 is 11.9 Å². The highest BCUT2D eigenvalue weighted by Gasteiger charge is 2.54. The Kier molecular flexibility index (Phi) is 10.8. The van der Waals surface area contributed by atoms with Crippen LogP contribution in [0.2, 0.25) is 0 Å². The number of carbonyl (C=O) groups excluding carboxylic acids is 3. The summed E-state index contributed by atoms with van der Waals surface area (Å²) in [5.74, 6) is -4.52. The number of carboxylic acids is 1. The number of phenols is 4. The van der Waals surface area contributed by atoms with E-state index in [4.69, 9.17) is 15.3 Å². The van der Waals surface area contributed by atoms with Gasteiger partial charge in [-0.25, -0.2) is 19.6 Å². The number of phenolic OH excluding ortho intramolecular Hbond substituents is 4. The van der Waals surface area contributed by atoms with Gasteiger partial charge in [0.25, 0.3) is 17.6 Å². The summed E-state index contributed by atoms with van der Waals surface area (Å²) in [6, 6.07) is 8.10. The number of nitrogens with one attached hydrogen (secondary N) is 1. The van der Waals surface area contributed by atoms with Crippen molar-refractivity contribution >= 4 is 75.2 Å². The number of oxime groups is 1. The third-order valence-electron chi connectivity index (χ3n) is 8.33. The number of ether oxygens (including phenoxy) is 1. The van der Waals surface area contributed by atoms with Crippen LogP contribution in [-0.2, 0) is 37.2 Å². The average molecular weight is 836 g/mol.